The third-order valence-electron chi connectivity index (χ3n) is 4.41. The van der Waals surface area contributed by atoms with E-state index in [1.165, 1.54) is 11.0 Å². The summed E-state index contributed by atoms with van der Waals surface area (Å²) >= 11 is 0. The van der Waals surface area contributed by atoms with Gasteiger partial charge in [0.05, 0.1) is 12.5 Å². The van der Waals surface area contributed by atoms with Crippen LogP contribution in [0.1, 0.15) is 16.1 Å². The molecule has 0 saturated heterocycles. The molecule has 2 aromatic heterocycles. The molecular formula is C21H17NO5. The fourth-order valence-electron chi connectivity index (χ4n) is 2.97. The lowest BCUT2D eigenvalue weighted by molar-refractivity contribution is 0.0754. The molecule has 27 heavy (non-hydrogen) atoms. The number of ether oxygens (including phenoxy) is 1. The molecular weight excluding hydrogens is 346 g/mol. The number of methoxy groups -OCH3 is 1. The van der Waals surface area contributed by atoms with Crippen LogP contribution < -0.4 is 10.2 Å². The van der Waals surface area contributed by atoms with E-state index in [1.807, 2.05) is 24.3 Å². The van der Waals surface area contributed by atoms with Crippen LogP contribution in [0, 0.1) is 0 Å². The molecule has 2 heterocycles. The van der Waals surface area contributed by atoms with E-state index >= 15 is 0 Å². The maximum atomic E-state index is 12.7. The van der Waals surface area contributed by atoms with Crippen LogP contribution in [-0.4, -0.2) is 25.0 Å². The molecule has 0 bridgehead atoms. The van der Waals surface area contributed by atoms with Crippen LogP contribution in [-0.2, 0) is 6.54 Å². The number of carbonyl (C=O) groups is 1. The van der Waals surface area contributed by atoms with Crippen LogP contribution in [0.15, 0.2) is 68.2 Å². The Labute approximate surface area is 154 Å². The van der Waals surface area contributed by atoms with E-state index in [0.29, 0.717) is 17.5 Å². The number of amides is 1. The first-order valence-electron chi connectivity index (χ1n) is 8.40. The van der Waals surface area contributed by atoms with Crippen molar-refractivity contribution < 1.29 is 18.4 Å². The molecule has 4 rings (SSSR count). The van der Waals surface area contributed by atoms with Gasteiger partial charge in [0, 0.05) is 19.7 Å². The first-order chi connectivity index (χ1) is 13.1. The van der Waals surface area contributed by atoms with Gasteiger partial charge in [0.2, 0.25) is 5.43 Å². The quantitative estimate of drug-likeness (QED) is 0.551. The average Bonchev–Trinajstić information content (AvgIpc) is 3.12. The Morgan fingerprint density at radius 2 is 1.78 bits per heavy atom. The molecule has 0 saturated carbocycles. The molecule has 136 valence electrons. The van der Waals surface area contributed by atoms with E-state index in [4.69, 9.17) is 13.6 Å². The number of furan rings is 1. The average molecular weight is 363 g/mol. The topological polar surface area (TPSA) is 72.9 Å². The summed E-state index contributed by atoms with van der Waals surface area (Å²) in [7, 11) is 3.27. The Balaban J connectivity index is 1.64. The minimum atomic E-state index is -0.333. The lowest BCUT2D eigenvalue weighted by Crippen LogP contribution is -2.25. The predicted octanol–water partition coefficient (Wildman–Crippen LogP) is 3.82. The summed E-state index contributed by atoms with van der Waals surface area (Å²) in [5.41, 5.74) is 1.16. The highest BCUT2D eigenvalue weighted by Crippen LogP contribution is 2.23. The second kappa shape index (κ2) is 6.64. The van der Waals surface area contributed by atoms with Gasteiger partial charge < -0.3 is 18.5 Å². The molecule has 0 radical (unpaired) electrons. The molecule has 0 unspecified atom stereocenters. The molecule has 0 N–H and O–H groups in total. The van der Waals surface area contributed by atoms with Crippen molar-refractivity contribution in [3.8, 4) is 5.75 Å². The van der Waals surface area contributed by atoms with E-state index < -0.39 is 0 Å². The van der Waals surface area contributed by atoms with Crippen LogP contribution in [0.5, 0.6) is 5.75 Å². The fourth-order valence-corrected chi connectivity index (χ4v) is 2.97. The monoisotopic (exact) mass is 363 g/mol. The standard InChI is InChI=1S/C21H17NO5/c1-22(12-13-7-9-14(25-2)10-8-13)20(24)18-11-16-19(23)15-5-3-4-6-17(15)26-21(16)27-18/h3-11H,12H2,1-2H3. The van der Waals surface area contributed by atoms with Crippen molar-refractivity contribution in [1.82, 2.24) is 4.90 Å². The SMILES string of the molecule is COc1ccc(CN(C)C(=O)c2cc3c(=O)c4ccccc4oc3o2)cc1. The first kappa shape index (κ1) is 16.9. The third-order valence-corrected chi connectivity index (χ3v) is 4.41. The van der Waals surface area contributed by atoms with Gasteiger partial charge in [-0.25, -0.2) is 0 Å². The number of rotatable bonds is 4. The maximum absolute atomic E-state index is 12.7. The summed E-state index contributed by atoms with van der Waals surface area (Å²) in [6, 6.07) is 15.8. The molecule has 2 aromatic carbocycles. The predicted molar refractivity (Wildman–Crippen MR) is 101 cm³/mol. The van der Waals surface area contributed by atoms with Gasteiger partial charge in [-0.1, -0.05) is 24.3 Å². The molecule has 0 spiro atoms. The van der Waals surface area contributed by atoms with E-state index in [2.05, 4.69) is 0 Å². The van der Waals surface area contributed by atoms with Crippen molar-refractivity contribution >= 4 is 28.0 Å². The first-order valence-corrected chi connectivity index (χ1v) is 8.40. The van der Waals surface area contributed by atoms with Gasteiger partial charge >= 0.3 is 5.78 Å². The van der Waals surface area contributed by atoms with Gasteiger partial charge in [-0.3, -0.25) is 9.59 Å². The van der Waals surface area contributed by atoms with Crippen LogP contribution in [0.3, 0.4) is 0 Å². The van der Waals surface area contributed by atoms with Crippen molar-refractivity contribution in [2.45, 2.75) is 6.54 Å². The fraction of sp³-hybridized carbons (Fsp3) is 0.143. The normalized spacial score (nSPS) is 11.0. The zero-order valence-corrected chi connectivity index (χ0v) is 14.9. The highest BCUT2D eigenvalue weighted by molar-refractivity contribution is 5.97. The summed E-state index contributed by atoms with van der Waals surface area (Å²) in [5, 5.41) is 0.714. The highest BCUT2D eigenvalue weighted by atomic mass is 16.5. The van der Waals surface area contributed by atoms with Gasteiger partial charge in [0.15, 0.2) is 5.76 Å². The Morgan fingerprint density at radius 1 is 1.04 bits per heavy atom. The van der Waals surface area contributed by atoms with Gasteiger partial charge in [-0.2, -0.15) is 0 Å². The smallest absolute Gasteiger partial charge is 0.302 e. The molecule has 6 nitrogen and oxygen atoms in total. The van der Waals surface area contributed by atoms with Gasteiger partial charge in [-0.05, 0) is 29.8 Å². The zero-order chi connectivity index (χ0) is 19.0. The zero-order valence-electron chi connectivity index (χ0n) is 14.9. The maximum Gasteiger partial charge on any atom is 0.302 e. The number of hydrogen-bond acceptors (Lipinski definition) is 5. The van der Waals surface area contributed by atoms with Gasteiger partial charge in [0.25, 0.3) is 5.91 Å². The van der Waals surface area contributed by atoms with Gasteiger partial charge in [0.1, 0.15) is 16.7 Å². The van der Waals surface area contributed by atoms with E-state index in [-0.39, 0.29) is 28.3 Å². The minimum Gasteiger partial charge on any atom is -0.497 e. The summed E-state index contributed by atoms with van der Waals surface area (Å²) in [5.74, 6) is 0.541. The Hall–Kier alpha value is -3.54. The molecule has 6 heteroatoms. The molecule has 0 aliphatic carbocycles. The summed E-state index contributed by atoms with van der Waals surface area (Å²) in [4.78, 5) is 26.8. The van der Waals surface area contributed by atoms with Gasteiger partial charge in [-0.15, -0.1) is 0 Å². The van der Waals surface area contributed by atoms with Crippen LogP contribution in [0.4, 0.5) is 0 Å². The minimum absolute atomic E-state index is 0.0555. The Kier molecular flexibility index (Phi) is 4.16. The van der Waals surface area contributed by atoms with Crippen LogP contribution in [0.2, 0.25) is 0 Å². The van der Waals surface area contributed by atoms with Crippen LogP contribution >= 0.6 is 0 Å². The third kappa shape index (κ3) is 3.06. The second-order valence-corrected chi connectivity index (χ2v) is 6.25. The number of hydrogen-bond donors (Lipinski definition) is 0. The van der Waals surface area contributed by atoms with Crippen molar-refractivity contribution in [1.29, 1.82) is 0 Å². The Morgan fingerprint density at radius 3 is 2.52 bits per heavy atom. The van der Waals surface area contributed by atoms with E-state index in [1.54, 1.807) is 38.4 Å². The van der Waals surface area contributed by atoms with Crippen molar-refractivity contribution in [3.05, 3.63) is 76.1 Å². The molecule has 0 fully saturated rings. The molecule has 1 amide bonds. The number of carbonyl (C=O) groups excluding carboxylic acids is 1. The van der Waals surface area contributed by atoms with Crippen molar-refractivity contribution in [2.24, 2.45) is 0 Å². The molecule has 0 atom stereocenters. The lowest BCUT2D eigenvalue weighted by Gasteiger charge is -2.15. The Bertz CT molecular complexity index is 1190. The van der Waals surface area contributed by atoms with Crippen LogP contribution in [0.25, 0.3) is 22.1 Å². The second-order valence-electron chi connectivity index (χ2n) is 6.25. The highest BCUT2D eigenvalue weighted by Gasteiger charge is 2.20. The van der Waals surface area contributed by atoms with E-state index in [0.717, 1.165) is 11.3 Å². The number of nitrogens with zero attached hydrogens (tertiary/aromatic N) is 1. The molecule has 0 aliphatic heterocycles. The summed E-state index contributed by atoms with van der Waals surface area (Å²) in [6.07, 6.45) is 0. The largest absolute Gasteiger partial charge is 0.497 e. The molecule has 4 aromatic rings. The number of benzene rings is 2. The summed E-state index contributed by atoms with van der Waals surface area (Å²) < 4.78 is 16.3. The van der Waals surface area contributed by atoms with E-state index in [9.17, 15) is 9.59 Å². The number of fused-ring (bicyclic) bond motifs is 2. The lowest BCUT2D eigenvalue weighted by atomic mass is 10.2. The molecule has 0 aliphatic rings. The number of para-hydroxylation sites is 1. The van der Waals surface area contributed by atoms with Crippen molar-refractivity contribution in [2.75, 3.05) is 14.2 Å². The van der Waals surface area contributed by atoms with Crippen molar-refractivity contribution in [3.63, 3.8) is 0 Å². The summed E-state index contributed by atoms with van der Waals surface area (Å²) in [6.45, 7) is 0.392.